The van der Waals surface area contributed by atoms with Gasteiger partial charge in [0.15, 0.2) is 0 Å². The summed E-state index contributed by atoms with van der Waals surface area (Å²) in [6.07, 6.45) is 16.6. The Labute approximate surface area is 280 Å². The molecule has 5 rings (SSSR count). The fourth-order valence-corrected chi connectivity index (χ4v) is 6.60. The third-order valence-corrected chi connectivity index (χ3v) is 9.53. The number of carboxylic acids is 1. The molecular formula is C40H52N4O3. The number of nitrogens with one attached hydrogen (secondary N) is 2. The van der Waals surface area contributed by atoms with Crippen LogP contribution in [0.15, 0.2) is 106 Å². The number of aliphatic carboxylic acids is 1. The summed E-state index contributed by atoms with van der Waals surface area (Å²) in [6.45, 7) is 8.35. The van der Waals surface area contributed by atoms with Gasteiger partial charge in [-0.3, -0.25) is 9.89 Å². The van der Waals surface area contributed by atoms with Crippen LogP contribution < -0.4 is 25.9 Å². The third kappa shape index (κ3) is 10.4. The van der Waals surface area contributed by atoms with E-state index in [4.69, 9.17) is 4.74 Å². The van der Waals surface area contributed by atoms with Crippen LogP contribution in [0.3, 0.4) is 0 Å². The average Bonchev–Trinajstić information content (AvgIpc) is 3.08. The molecule has 0 saturated heterocycles. The first kappa shape index (κ1) is 34.2. The Morgan fingerprint density at radius 3 is 2.64 bits per heavy atom. The number of hydrogen-bond acceptors (Lipinski definition) is 6. The minimum atomic E-state index is -0.827. The van der Waals surface area contributed by atoms with Gasteiger partial charge < -0.3 is 20.5 Å². The van der Waals surface area contributed by atoms with Crippen LogP contribution in [-0.2, 0) is 4.79 Å². The summed E-state index contributed by atoms with van der Waals surface area (Å²) in [4.78, 5) is 19.6. The number of allylic oxidation sites excluding steroid dienone is 7. The van der Waals surface area contributed by atoms with Crippen LogP contribution in [-0.4, -0.2) is 54.8 Å². The van der Waals surface area contributed by atoms with Crippen molar-refractivity contribution >= 4 is 11.7 Å². The van der Waals surface area contributed by atoms with Gasteiger partial charge in [-0.15, -0.1) is 0 Å². The monoisotopic (exact) mass is 636 g/mol. The molecule has 47 heavy (non-hydrogen) atoms. The molecule has 0 amide bonds. The Morgan fingerprint density at radius 2 is 1.79 bits per heavy atom. The lowest BCUT2D eigenvalue weighted by atomic mass is 9.91. The first-order chi connectivity index (χ1) is 23.0. The molecule has 1 atom stereocenters. The van der Waals surface area contributed by atoms with E-state index < -0.39 is 12.0 Å². The molecule has 3 aliphatic rings. The summed E-state index contributed by atoms with van der Waals surface area (Å²) in [5, 5.41) is 19.2. The SMILES string of the molecule is C/C1=C(CCCCN(CCOc2ccccc2)CC[C@H](N\C2=c3/cccc/c3=N/C=C(\C)CC2)C(=O)O)/C=C\C2=C(CC1)NCCC2. The number of hydrogen-bond donors (Lipinski definition) is 3. The van der Waals surface area contributed by atoms with Crippen molar-refractivity contribution in [3.05, 3.63) is 112 Å². The van der Waals surface area contributed by atoms with E-state index in [1.54, 1.807) is 0 Å². The van der Waals surface area contributed by atoms with Crippen LogP contribution in [0.1, 0.15) is 78.1 Å². The second-order valence-electron chi connectivity index (χ2n) is 13.1. The van der Waals surface area contributed by atoms with E-state index >= 15 is 0 Å². The molecule has 0 spiro atoms. The Morgan fingerprint density at radius 1 is 0.957 bits per heavy atom. The molecular weight excluding hydrogens is 584 g/mol. The van der Waals surface area contributed by atoms with Gasteiger partial charge in [-0.2, -0.15) is 0 Å². The fraction of sp³-hybridized carbons (Fsp3) is 0.450. The van der Waals surface area contributed by atoms with Gasteiger partial charge in [0, 0.05) is 42.4 Å². The zero-order valence-corrected chi connectivity index (χ0v) is 28.3. The van der Waals surface area contributed by atoms with Crippen LogP contribution in [0.25, 0.3) is 5.70 Å². The van der Waals surface area contributed by atoms with Gasteiger partial charge in [0.05, 0.1) is 5.36 Å². The van der Waals surface area contributed by atoms with Crippen molar-refractivity contribution in [2.75, 3.05) is 32.8 Å². The first-order valence-corrected chi connectivity index (χ1v) is 17.5. The molecule has 2 aromatic rings. The molecule has 250 valence electrons. The van der Waals surface area contributed by atoms with Crippen molar-refractivity contribution in [3.8, 4) is 5.75 Å². The van der Waals surface area contributed by atoms with E-state index in [2.05, 4.69) is 46.5 Å². The molecule has 0 saturated carbocycles. The number of unbranched alkanes of at least 4 members (excludes halogenated alkanes) is 1. The van der Waals surface area contributed by atoms with E-state index in [0.29, 0.717) is 19.6 Å². The topological polar surface area (TPSA) is 86.2 Å². The van der Waals surface area contributed by atoms with Gasteiger partial charge in [0.25, 0.3) is 0 Å². The first-order valence-electron chi connectivity index (χ1n) is 17.5. The quantitative estimate of drug-likeness (QED) is 0.196. The van der Waals surface area contributed by atoms with E-state index in [9.17, 15) is 9.90 Å². The second kappa shape index (κ2) is 17.7. The maximum absolute atomic E-state index is 12.5. The molecule has 2 aliphatic heterocycles. The molecule has 2 heterocycles. The van der Waals surface area contributed by atoms with Crippen molar-refractivity contribution in [2.45, 2.75) is 84.1 Å². The lowest BCUT2D eigenvalue weighted by Crippen LogP contribution is -2.43. The number of rotatable bonds is 15. The molecule has 3 N–H and O–H groups in total. The minimum Gasteiger partial charge on any atom is -0.492 e. The Bertz CT molecular complexity index is 1610. The summed E-state index contributed by atoms with van der Waals surface area (Å²) in [6, 6.07) is 17.2. The fourth-order valence-electron chi connectivity index (χ4n) is 6.60. The summed E-state index contributed by atoms with van der Waals surface area (Å²) in [5.74, 6) is 0.0307. The van der Waals surface area contributed by atoms with Crippen molar-refractivity contribution in [3.63, 3.8) is 0 Å². The Kier molecular flexibility index (Phi) is 12.9. The number of nitrogens with zero attached hydrogens (tertiary/aromatic N) is 2. The van der Waals surface area contributed by atoms with Gasteiger partial charge in [-0.25, -0.2) is 4.79 Å². The van der Waals surface area contributed by atoms with E-state index in [0.717, 1.165) is 86.6 Å². The minimum absolute atomic E-state index is 0.497. The van der Waals surface area contributed by atoms with Gasteiger partial charge >= 0.3 is 5.97 Å². The number of benzene rings is 2. The van der Waals surface area contributed by atoms with Gasteiger partial charge in [0.2, 0.25) is 0 Å². The van der Waals surface area contributed by atoms with Crippen LogP contribution in [0, 0.1) is 0 Å². The average molecular weight is 637 g/mol. The summed E-state index contributed by atoms with van der Waals surface area (Å²) < 4.78 is 6.05. The number of ether oxygens (including phenoxy) is 1. The van der Waals surface area contributed by atoms with Crippen molar-refractivity contribution in [2.24, 2.45) is 4.99 Å². The summed E-state index contributed by atoms with van der Waals surface area (Å²) in [7, 11) is 0. The number of para-hydroxylation sites is 2. The lowest BCUT2D eigenvalue weighted by Gasteiger charge is -2.26. The Balaban J connectivity index is 1.21. The predicted octanol–water partition coefficient (Wildman–Crippen LogP) is 6.40. The molecule has 0 bridgehead atoms. The maximum atomic E-state index is 12.5. The van der Waals surface area contributed by atoms with Gasteiger partial charge in [-0.05, 0) is 114 Å². The molecule has 0 radical (unpaired) electrons. The molecule has 2 aromatic carbocycles. The van der Waals surface area contributed by atoms with Crippen molar-refractivity contribution < 1.29 is 14.6 Å². The normalized spacial score (nSPS) is 22.4. The summed E-state index contributed by atoms with van der Waals surface area (Å²) >= 11 is 0. The molecule has 1 aliphatic carbocycles. The highest BCUT2D eigenvalue weighted by Gasteiger charge is 2.21. The zero-order chi connectivity index (χ0) is 32.8. The highest BCUT2D eigenvalue weighted by atomic mass is 16.5. The smallest absolute Gasteiger partial charge is 0.326 e. The van der Waals surface area contributed by atoms with Crippen LogP contribution >= 0.6 is 0 Å². The predicted molar refractivity (Wildman–Crippen MR) is 190 cm³/mol. The highest BCUT2D eigenvalue weighted by molar-refractivity contribution is 5.75. The van der Waals surface area contributed by atoms with Crippen molar-refractivity contribution in [1.29, 1.82) is 0 Å². The van der Waals surface area contributed by atoms with Crippen LogP contribution in [0.2, 0.25) is 0 Å². The number of carboxylic acid groups (broad SMARTS) is 1. The lowest BCUT2D eigenvalue weighted by molar-refractivity contribution is -0.139. The summed E-state index contributed by atoms with van der Waals surface area (Å²) in [5.41, 5.74) is 8.02. The largest absolute Gasteiger partial charge is 0.492 e. The van der Waals surface area contributed by atoms with Gasteiger partial charge in [0.1, 0.15) is 18.4 Å². The molecule has 7 heteroatoms. The Hall–Kier alpha value is -4.10. The van der Waals surface area contributed by atoms with Crippen LogP contribution in [0.5, 0.6) is 5.75 Å². The van der Waals surface area contributed by atoms with Gasteiger partial charge in [-0.1, -0.05) is 59.7 Å². The standard InChI is InChI=1S/C40H52N4O3/c1-30-17-21-38(35-15-6-7-16-37(35)42-29-30)43-39(40(45)46)23-26-44(27-28-47-34-13-4-3-5-14-34)25-9-8-11-32-19-20-33-12-10-24-41-36(33)22-18-31(32)2/h3-7,13-16,19-20,29,39,41,43H,8-12,17-18,21-28H2,1-2H3,(H,45,46)/b20-19-,30-29+,32-31-,38-35+,42-37-/t39-/m0/s1. The molecule has 0 unspecified atom stereocenters. The van der Waals surface area contributed by atoms with E-state index in [-0.39, 0.29) is 0 Å². The second-order valence-corrected chi connectivity index (χ2v) is 13.1. The zero-order valence-electron chi connectivity index (χ0n) is 28.3. The number of fused-ring (bicyclic) bond motifs is 1. The molecule has 7 nitrogen and oxygen atoms in total. The van der Waals surface area contributed by atoms with E-state index in [1.807, 2.05) is 60.8 Å². The molecule has 0 fully saturated rings. The third-order valence-electron chi connectivity index (χ3n) is 9.53. The molecule has 0 aromatic heterocycles. The maximum Gasteiger partial charge on any atom is 0.326 e. The highest BCUT2D eigenvalue weighted by Crippen LogP contribution is 2.28. The van der Waals surface area contributed by atoms with E-state index in [1.165, 1.54) is 40.8 Å². The van der Waals surface area contributed by atoms with Crippen molar-refractivity contribution in [1.82, 2.24) is 15.5 Å². The van der Waals surface area contributed by atoms with Crippen LogP contribution in [0.4, 0.5) is 0 Å². The number of carbonyl (C=O) groups is 1.